The number of rotatable bonds is 3. The van der Waals surface area contributed by atoms with E-state index in [9.17, 15) is 4.79 Å². The molecule has 3 heterocycles. The first-order chi connectivity index (χ1) is 12.1. The molecule has 0 unspecified atom stereocenters. The van der Waals surface area contributed by atoms with E-state index in [0.717, 1.165) is 32.7 Å². The van der Waals surface area contributed by atoms with Crippen LogP contribution >= 0.6 is 11.3 Å². The molecule has 0 saturated carbocycles. The van der Waals surface area contributed by atoms with Crippen LogP contribution in [0.15, 0.2) is 30.6 Å². The fourth-order valence-corrected chi connectivity index (χ4v) is 3.94. The van der Waals surface area contributed by atoms with Crippen LogP contribution in [0, 0.1) is 13.8 Å². The molecule has 3 aromatic heterocycles. The highest BCUT2D eigenvalue weighted by molar-refractivity contribution is 7.20. The normalized spacial score (nSPS) is 11.3. The average molecular weight is 352 g/mol. The van der Waals surface area contributed by atoms with Gasteiger partial charge in [0.05, 0.1) is 12.0 Å². The predicted molar refractivity (Wildman–Crippen MR) is 97.0 cm³/mol. The van der Waals surface area contributed by atoms with Gasteiger partial charge >= 0.3 is 5.97 Å². The number of hydrogen-bond acceptors (Lipinski definition) is 6. The predicted octanol–water partition coefficient (Wildman–Crippen LogP) is 3.80. The summed E-state index contributed by atoms with van der Waals surface area (Å²) in [7, 11) is 0. The zero-order valence-electron chi connectivity index (χ0n) is 14.1. The van der Waals surface area contributed by atoms with E-state index in [0.29, 0.717) is 17.1 Å². The minimum absolute atomic E-state index is 0.320. The van der Waals surface area contributed by atoms with Gasteiger partial charge in [0, 0.05) is 5.56 Å². The Kier molecular flexibility index (Phi) is 3.73. The number of ether oxygens (including phenoxy) is 1. The van der Waals surface area contributed by atoms with Crippen molar-refractivity contribution in [2.45, 2.75) is 20.8 Å². The van der Waals surface area contributed by atoms with Gasteiger partial charge < -0.3 is 4.74 Å². The van der Waals surface area contributed by atoms with E-state index in [1.54, 1.807) is 13.3 Å². The van der Waals surface area contributed by atoms with Gasteiger partial charge in [0.1, 0.15) is 16.0 Å². The molecule has 1 aromatic carbocycles. The lowest BCUT2D eigenvalue weighted by Crippen LogP contribution is -2.03. The van der Waals surface area contributed by atoms with Crippen LogP contribution in [0.1, 0.15) is 27.7 Å². The third-order valence-electron chi connectivity index (χ3n) is 4.08. The monoisotopic (exact) mass is 352 g/mol. The summed E-state index contributed by atoms with van der Waals surface area (Å²) in [5.74, 6) is 0.413. The Hall–Kier alpha value is -2.80. The van der Waals surface area contributed by atoms with Crippen molar-refractivity contribution in [2.24, 2.45) is 0 Å². The summed E-state index contributed by atoms with van der Waals surface area (Å²) in [4.78, 5) is 18.0. The highest BCUT2D eigenvalue weighted by atomic mass is 32.1. The Balaban J connectivity index is 1.95. The second-order valence-corrected chi connectivity index (χ2v) is 6.79. The molecule has 25 heavy (non-hydrogen) atoms. The van der Waals surface area contributed by atoms with Crippen LogP contribution in [0.25, 0.3) is 27.3 Å². The number of hydrogen-bond donors (Lipinski definition) is 0. The third kappa shape index (κ3) is 2.47. The van der Waals surface area contributed by atoms with Gasteiger partial charge in [0.25, 0.3) is 0 Å². The molecule has 0 spiro atoms. The lowest BCUT2D eigenvalue weighted by Gasteiger charge is -2.02. The lowest BCUT2D eigenvalue weighted by molar-refractivity contribution is 0.0531. The summed E-state index contributed by atoms with van der Waals surface area (Å²) >= 11 is 1.33. The molecule has 0 saturated heterocycles. The van der Waals surface area contributed by atoms with E-state index in [1.165, 1.54) is 11.3 Å². The van der Waals surface area contributed by atoms with Crippen molar-refractivity contribution < 1.29 is 9.53 Å². The summed E-state index contributed by atoms with van der Waals surface area (Å²) < 4.78 is 7.01. The Morgan fingerprint density at radius 2 is 2.12 bits per heavy atom. The number of carbonyl (C=O) groups excluding carboxylic acids is 1. The first kappa shape index (κ1) is 15.7. The zero-order valence-corrected chi connectivity index (χ0v) is 14.9. The molecular weight excluding hydrogens is 336 g/mol. The molecule has 4 aromatic rings. The van der Waals surface area contributed by atoms with Crippen molar-refractivity contribution in [2.75, 3.05) is 6.61 Å². The third-order valence-corrected chi connectivity index (χ3v) is 5.26. The first-order valence-electron chi connectivity index (χ1n) is 7.97. The van der Waals surface area contributed by atoms with Gasteiger partial charge in [0.2, 0.25) is 0 Å². The van der Waals surface area contributed by atoms with Crippen LogP contribution in [0.5, 0.6) is 0 Å². The van der Waals surface area contributed by atoms with E-state index < -0.39 is 0 Å². The number of aryl methyl sites for hydroxylation is 2. The number of benzene rings is 1. The quantitative estimate of drug-likeness (QED) is 0.525. The van der Waals surface area contributed by atoms with Crippen LogP contribution in [0.3, 0.4) is 0 Å². The molecule has 0 bridgehead atoms. The average Bonchev–Trinajstić information content (AvgIpc) is 3.16. The fourth-order valence-electron chi connectivity index (χ4n) is 2.91. The molecule has 0 aliphatic carbocycles. The van der Waals surface area contributed by atoms with Gasteiger partial charge in [-0.05, 0) is 32.4 Å². The SMILES string of the molecule is CCOC(=O)c1sc2ncn3c(-c4cccc(C)c4)nnc3c2c1C. The molecule has 0 atom stereocenters. The molecule has 4 rings (SSSR count). The van der Waals surface area contributed by atoms with Crippen molar-refractivity contribution in [3.05, 3.63) is 46.6 Å². The number of aromatic nitrogens is 4. The maximum atomic E-state index is 12.2. The topological polar surface area (TPSA) is 69.4 Å². The molecule has 0 radical (unpaired) electrons. The molecule has 0 N–H and O–H groups in total. The number of fused-ring (bicyclic) bond motifs is 3. The number of carbonyl (C=O) groups is 1. The summed E-state index contributed by atoms with van der Waals surface area (Å²) in [5.41, 5.74) is 3.66. The van der Waals surface area contributed by atoms with Crippen LogP contribution in [0.2, 0.25) is 0 Å². The van der Waals surface area contributed by atoms with Crippen LogP contribution < -0.4 is 0 Å². The Bertz CT molecular complexity index is 1110. The van der Waals surface area contributed by atoms with Gasteiger partial charge in [-0.3, -0.25) is 4.40 Å². The number of esters is 1. The maximum Gasteiger partial charge on any atom is 0.348 e. The highest BCUT2D eigenvalue weighted by Crippen LogP contribution is 2.33. The Morgan fingerprint density at radius 3 is 2.88 bits per heavy atom. The van der Waals surface area contributed by atoms with E-state index in [1.807, 2.05) is 36.4 Å². The standard InChI is InChI=1S/C18H16N4O2S/c1-4-24-18(23)14-11(3)13-16-21-20-15(12-7-5-6-10(2)8-12)22(16)9-19-17(13)25-14/h5-9H,4H2,1-3H3. The van der Waals surface area contributed by atoms with E-state index in [-0.39, 0.29) is 5.97 Å². The molecule has 6 nitrogen and oxygen atoms in total. The van der Waals surface area contributed by atoms with Crippen LogP contribution in [0.4, 0.5) is 0 Å². The Morgan fingerprint density at radius 1 is 1.28 bits per heavy atom. The van der Waals surface area contributed by atoms with E-state index in [2.05, 4.69) is 21.2 Å². The van der Waals surface area contributed by atoms with Crippen LogP contribution in [-0.2, 0) is 4.74 Å². The maximum absolute atomic E-state index is 12.2. The number of thiophene rings is 1. The lowest BCUT2D eigenvalue weighted by atomic mass is 10.1. The second-order valence-electron chi connectivity index (χ2n) is 5.79. The zero-order chi connectivity index (χ0) is 17.6. The van der Waals surface area contributed by atoms with Gasteiger partial charge in [-0.2, -0.15) is 0 Å². The summed E-state index contributed by atoms with van der Waals surface area (Å²) in [6.07, 6.45) is 1.71. The van der Waals surface area contributed by atoms with Crippen molar-refractivity contribution in [1.29, 1.82) is 0 Å². The summed E-state index contributed by atoms with van der Waals surface area (Å²) in [6, 6.07) is 8.09. The minimum Gasteiger partial charge on any atom is -0.462 e. The van der Waals surface area contributed by atoms with Gasteiger partial charge in [0.15, 0.2) is 11.5 Å². The summed E-state index contributed by atoms with van der Waals surface area (Å²) in [6.45, 7) is 6.08. The van der Waals surface area contributed by atoms with Gasteiger partial charge in [-0.15, -0.1) is 21.5 Å². The molecule has 0 aliphatic rings. The van der Waals surface area contributed by atoms with Crippen LogP contribution in [-0.4, -0.2) is 32.2 Å². The summed E-state index contributed by atoms with van der Waals surface area (Å²) in [5, 5.41) is 9.56. The van der Waals surface area contributed by atoms with Crippen molar-refractivity contribution >= 4 is 33.2 Å². The highest BCUT2D eigenvalue weighted by Gasteiger charge is 2.21. The molecule has 7 heteroatoms. The van der Waals surface area contributed by atoms with Gasteiger partial charge in [-0.1, -0.05) is 23.8 Å². The first-order valence-corrected chi connectivity index (χ1v) is 8.78. The Labute approximate surface area is 148 Å². The van der Waals surface area contributed by atoms with Gasteiger partial charge in [-0.25, -0.2) is 9.78 Å². The fraction of sp³-hybridized carbons (Fsp3) is 0.222. The molecular formula is C18H16N4O2S. The van der Waals surface area contributed by atoms with E-state index >= 15 is 0 Å². The molecule has 0 amide bonds. The largest absolute Gasteiger partial charge is 0.462 e. The van der Waals surface area contributed by atoms with Crippen molar-refractivity contribution in [1.82, 2.24) is 19.6 Å². The van der Waals surface area contributed by atoms with E-state index in [4.69, 9.17) is 4.74 Å². The molecule has 0 fully saturated rings. The molecule has 126 valence electrons. The number of nitrogens with zero attached hydrogens (tertiary/aromatic N) is 4. The molecule has 0 aliphatic heterocycles. The van der Waals surface area contributed by atoms with Crippen molar-refractivity contribution in [3.8, 4) is 11.4 Å². The second kappa shape index (κ2) is 5.93. The van der Waals surface area contributed by atoms with Crippen molar-refractivity contribution in [3.63, 3.8) is 0 Å². The minimum atomic E-state index is -0.320. The smallest absolute Gasteiger partial charge is 0.348 e.